The highest BCUT2D eigenvalue weighted by Gasteiger charge is 2.04. The molecule has 0 heterocycles. The molecule has 0 spiro atoms. The van der Waals surface area contributed by atoms with Crippen molar-refractivity contribution in [2.45, 2.75) is 26.3 Å². The second-order valence-electron chi connectivity index (χ2n) is 4.61. The number of hydrogen-bond acceptors (Lipinski definition) is 1. The Hall–Kier alpha value is -0.990. The molecule has 0 saturated heterocycles. The summed E-state index contributed by atoms with van der Waals surface area (Å²) in [6.07, 6.45) is 0. The normalized spacial score (nSPS) is 10.5. The third-order valence-electron chi connectivity index (χ3n) is 3.06. The molecule has 1 nitrogen and oxygen atoms in total. The topological polar surface area (TPSA) is 9.23 Å². The van der Waals surface area contributed by atoms with Crippen LogP contribution in [-0.4, -0.2) is 0 Å². The first-order valence-corrected chi connectivity index (χ1v) is 7.46. The predicted octanol–water partition coefficient (Wildman–Crippen LogP) is 5.38. The standard InChI is InChI=1S/C16H16BrClO/c1-11-3-4-12(2)14(7-11)10-19-15-5-6-16(17)13(8-15)9-18/h3-8H,9-10H2,1-2H3. The van der Waals surface area contributed by atoms with E-state index in [0.717, 1.165) is 15.8 Å². The zero-order valence-corrected chi connectivity index (χ0v) is 13.4. The number of alkyl halides is 1. The van der Waals surface area contributed by atoms with Crippen molar-refractivity contribution in [2.24, 2.45) is 0 Å². The number of halogens is 2. The van der Waals surface area contributed by atoms with Crippen LogP contribution in [0.1, 0.15) is 22.3 Å². The minimum absolute atomic E-state index is 0.473. The minimum Gasteiger partial charge on any atom is -0.489 e. The SMILES string of the molecule is Cc1ccc(C)c(COc2ccc(Br)c(CCl)c2)c1. The maximum atomic E-state index is 5.88. The van der Waals surface area contributed by atoms with Crippen LogP contribution in [0.3, 0.4) is 0 Å². The van der Waals surface area contributed by atoms with Crippen molar-refractivity contribution < 1.29 is 4.74 Å². The molecule has 0 atom stereocenters. The molecule has 3 heteroatoms. The zero-order valence-electron chi connectivity index (χ0n) is 11.0. The number of rotatable bonds is 4. The highest BCUT2D eigenvalue weighted by atomic mass is 79.9. The summed E-state index contributed by atoms with van der Waals surface area (Å²) in [6, 6.07) is 12.3. The average molecular weight is 340 g/mol. The Balaban J connectivity index is 2.12. The Bertz CT molecular complexity index is 581. The fourth-order valence-electron chi connectivity index (χ4n) is 1.86. The summed E-state index contributed by atoms with van der Waals surface area (Å²) >= 11 is 9.35. The lowest BCUT2D eigenvalue weighted by atomic mass is 10.1. The van der Waals surface area contributed by atoms with Gasteiger partial charge in [-0.1, -0.05) is 39.7 Å². The smallest absolute Gasteiger partial charge is 0.120 e. The summed E-state index contributed by atoms with van der Waals surface area (Å²) < 4.78 is 6.86. The molecular weight excluding hydrogens is 324 g/mol. The molecule has 100 valence electrons. The summed E-state index contributed by atoms with van der Waals surface area (Å²) in [7, 11) is 0. The average Bonchev–Trinajstić information content (AvgIpc) is 2.41. The quantitative estimate of drug-likeness (QED) is 0.679. The molecular formula is C16H16BrClO. The highest BCUT2D eigenvalue weighted by Crippen LogP contribution is 2.25. The number of benzene rings is 2. The first-order valence-electron chi connectivity index (χ1n) is 6.13. The fraction of sp³-hybridized carbons (Fsp3) is 0.250. The van der Waals surface area contributed by atoms with Crippen LogP contribution in [-0.2, 0) is 12.5 Å². The van der Waals surface area contributed by atoms with E-state index in [9.17, 15) is 0 Å². The van der Waals surface area contributed by atoms with Gasteiger partial charge in [0.2, 0.25) is 0 Å². The van der Waals surface area contributed by atoms with E-state index in [1.54, 1.807) is 0 Å². The van der Waals surface area contributed by atoms with E-state index >= 15 is 0 Å². The van der Waals surface area contributed by atoms with Gasteiger partial charge in [-0.3, -0.25) is 0 Å². The fourth-order valence-corrected chi connectivity index (χ4v) is 2.63. The lowest BCUT2D eigenvalue weighted by Crippen LogP contribution is -1.99. The molecule has 2 rings (SSSR count). The monoisotopic (exact) mass is 338 g/mol. The van der Waals surface area contributed by atoms with Gasteiger partial charge in [0.15, 0.2) is 0 Å². The highest BCUT2D eigenvalue weighted by molar-refractivity contribution is 9.10. The molecule has 0 aliphatic carbocycles. The van der Waals surface area contributed by atoms with Crippen molar-refractivity contribution in [1.29, 1.82) is 0 Å². The Morgan fingerprint density at radius 1 is 1.05 bits per heavy atom. The lowest BCUT2D eigenvalue weighted by Gasteiger charge is -2.11. The second kappa shape index (κ2) is 6.44. The van der Waals surface area contributed by atoms with Crippen LogP contribution in [0, 0.1) is 13.8 Å². The molecule has 0 saturated carbocycles. The van der Waals surface area contributed by atoms with Gasteiger partial charge in [-0.25, -0.2) is 0 Å². The summed E-state index contributed by atoms with van der Waals surface area (Å²) in [5.41, 5.74) is 4.76. The van der Waals surface area contributed by atoms with Crippen LogP contribution in [0.4, 0.5) is 0 Å². The molecule has 0 aliphatic rings. The van der Waals surface area contributed by atoms with Crippen molar-refractivity contribution in [2.75, 3.05) is 0 Å². The third kappa shape index (κ3) is 3.74. The summed E-state index contributed by atoms with van der Waals surface area (Å²) in [5.74, 6) is 1.32. The third-order valence-corrected chi connectivity index (χ3v) is 4.12. The number of aryl methyl sites for hydroxylation is 2. The van der Waals surface area contributed by atoms with Crippen molar-refractivity contribution in [3.63, 3.8) is 0 Å². The van der Waals surface area contributed by atoms with Gasteiger partial charge >= 0.3 is 0 Å². The molecule has 0 fully saturated rings. The number of ether oxygens (including phenoxy) is 1. The molecule has 0 N–H and O–H groups in total. The van der Waals surface area contributed by atoms with Gasteiger partial charge in [-0.15, -0.1) is 11.6 Å². The molecule has 2 aromatic rings. The zero-order chi connectivity index (χ0) is 13.8. The minimum atomic E-state index is 0.473. The van der Waals surface area contributed by atoms with Gasteiger partial charge in [0.25, 0.3) is 0 Å². The van der Waals surface area contributed by atoms with Gasteiger partial charge in [-0.05, 0) is 48.7 Å². The predicted molar refractivity (Wildman–Crippen MR) is 83.9 cm³/mol. The van der Waals surface area contributed by atoms with Crippen LogP contribution in [0.2, 0.25) is 0 Å². The van der Waals surface area contributed by atoms with E-state index in [2.05, 4.69) is 48.0 Å². The molecule has 19 heavy (non-hydrogen) atoms. The van der Waals surface area contributed by atoms with Crippen molar-refractivity contribution in [3.8, 4) is 5.75 Å². The summed E-state index contributed by atoms with van der Waals surface area (Å²) in [5, 5.41) is 0. The van der Waals surface area contributed by atoms with Crippen LogP contribution in [0.15, 0.2) is 40.9 Å². The maximum Gasteiger partial charge on any atom is 0.120 e. The lowest BCUT2D eigenvalue weighted by molar-refractivity contribution is 0.305. The second-order valence-corrected chi connectivity index (χ2v) is 5.73. The van der Waals surface area contributed by atoms with E-state index in [4.69, 9.17) is 16.3 Å². The van der Waals surface area contributed by atoms with Crippen LogP contribution in [0.25, 0.3) is 0 Å². The van der Waals surface area contributed by atoms with E-state index in [1.807, 2.05) is 18.2 Å². The Kier molecular flexibility index (Phi) is 4.89. The Morgan fingerprint density at radius 3 is 2.58 bits per heavy atom. The summed E-state index contributed by atoms with van der Waals surface area (Å²) in [6.45, 7) is 4.77. The molecule has 0 aliphatic heterocycles. The molecule has 0 unspecified atom stereocenters. The van der Waals surface area contributed by atoms with Gasteiger partial charge in [0, 0.05) is 10.4 Å². The molecule has 2 aromatic carbocycles. The van der Waals surface area contributed by atoms with E-state index in [-0.39, 0.29) is 0 Å². The van der Waals surface area contributed by atoms with Crippen LogP contribution >= 0.6 is 27.5 Å². The van der Waals surface area contributed by atoms with Gasteiger partial charge < -0.3 is 4.74 Å². The van der Waals surface area contributed by atoms with E-state index in [1.165, 1.54) is 16.7 Å². The van der Waals surface area contributed by atoms with E-state index < -0.39 is 0 Å². The Morgan fingerprint density at radius 2 is 1.84 bits per heavy atom. The largest absolute Gasteiger partial charge is 0.489 e. The van der Waals surface area contributed by atoms with Crippen LogP contribution in [0.5, 0.6) is 5.75 Å². The first kappa shape index (κ1) is 14.4. The Labute approximate surface area is 127 Å². The molecule has 0 amide bonds. The van der Waals surface area contributed by atoms with Crippen molar-refractivity contribution >= 4 is 27.5 Å². The van der Waals surface area contributed by atoms with Crippen LogP contribution < -0.4 is 4.74 Å². The van der Waals surface area contributed by atoms with E-state index in [0.29, 0.717) is 12.5 Å². The van der Waals surface area contributed by atoms with Gasteiger partial charge in [0.1, 0.15) is 12.4 Å². The first-order chi connectivity index (χ1) is 9.10. The maximum absolute atomic E-state index is 5.88. The molecule has 0 bridgehead atoms. The van der Waals surface area contributed by atoms with Gasteiger partial charge in [-0.2, -0.15) is 0 Å². The van der Waals surface area contributed by atoms with Gasteiger partial charge in [0.05, 0.1) is 0 Å². The summed E-state index contributed by atoms with van der Waals surface area (Å²) in [4.78, 5) is 0. The van der Waals surface area contributed by atoms with Crippen molar-refractivity contribution in [1.82, 2.24) is 0 Å². The van der Waals surface area contributed by atoms with Crippen molar-refractivity contribution in [3.05, 3.63) is 63.1 Å². The molecule has 0 radical (unpaired) electrons. The molecule has 0 aromatic heterocycles. The number of hydrogen-bond donors (Lipinski definition) is 0.